The Bertz CT molecular complexity index is 1690. The van der Waals surface area contributed by atoms with Crippen LogP contribution in [0, 0.1) is 11.2 Å². The molecule has 14 nitrogen and oxygen atoms in total. The number of fused-ring (bicyclic) bond motifs is 2. The first-order chi connectivity index (χ1) is 21.6. The zero-order valence-electron chi connectivity index (χ0n) is 26.5. The van der Waals surface area contributed by atoms with E-state index < -0.39 is 61.5 Å². The fourth-order valence-electron chi connectivity index (χ4n) is 6.90. The highest BCUT2D eigenvalue weighted by Gasteiger charge is 2.55. The number of aromatic nitrogens is 2. The van der Waals surface area contributed by atoms with Gasteiger partial charge < -0.3 is 25.1 Å². The summed E-state index contributed by atoms with van der Waals surface area (Å²) in [5.74, 6) is -3.54. The highest BCUT2D eigenvalue weighted by atomic mass is 32.2. The first kappa shape index (κ1) is 33.5. The largest absolute Gasteiger partial charge is 0.501 e. The number of carbonyl (C=O) groups excluding carboxylic acids is 3. The molecule has 0 atom stereocenters. The molecule has 46 heavy (non-hydrogen) atoms. The third kappa shape index (κ3) is 6.25. The van der Waals surface area contributed by atoms with Crippen molar-refractivity contribution in [3.63, 3.8) is 0 Å². The van der Waals surface area contributed by atoms with Gasteiger partial charge in [-0.15, -0.1) is 0 Å². The van der Waals surface area contributed by atoms with E-state index in [-0.39, 0.29) is 18.9 Å². The summed E-state index contributed by atoms with van der Waals surface area (Å²) >= 11 is 0. The molecule has 0 radical (unpaired) electrons. The quantitative estimate of drug-likeness (QED) is 0.386. The third-order valence-electron chi connectivity index (χ3n) is 9.67. The normalized spacial score (nSPS) is 23.3. The maximum absolute atomic E-state index is 13.9. The van der Waals surface area contributed by atoms with Crippen molar-refractivity contribution < 1.29 is 32.3 Å². The van der Waals surface area contributed by atoms with Gasteiger partial charge in [-0.1, -0.05) is 12.1 Å². The zero-order chi connectivity index (χ0) is 33.6. The number of hydrogen-bond acceptors (Lipinski definition) is 9. The predicted octanol–water partition coefficient (Wildman–Crippen LogP) is -0.0889. The molecule has 2 N–H and O–H groups in total. The van der Waals surface area contributed by atoms with Crippen LogP contribution in [-0.2, 0) is 38.2 Å². The number of sulfonamides is 1. The van der Waals surface area contributed by atoms with E-state index in [0.717, 1.165) is 0 Å². The Morgan fingerprint density at radius 2 is 1.61 bits per heavy atom. The first-order valence-electron chi connectivity index (χ1n) is 15.1. The predicted molar refractivity (Wildman–Crippen MR) is 165 cm³/mol. The molecule has 6 rings (SSSR count). The molecule has 1 saturated heterocycles. The molecule has 0 spiro atoms. The van der Waals surface area contributed by atoms with E-state index in [9.17, 15) is 37.1 Å². The van der Waals surface area contributed by atoms with Gasteiger partial charge in [0, 0.05) is 72.4 Å². The van der Waals surface area contributed by atoms with Crippen LogP contribution in [0.1, 0.15) is 47.6 Å². The lowest BCUT2D eigenvalue weighted by molar-refractivity contribution is -0.155. The Kier molecular flexibility index (Phi) is 9.00. The van der Waals surface area contributed by atoms with Crippen LogP contribution in [0.25, 0.3) is 0 Å². The maximum Gasteiger partial charge on any atom is 0.312 e. The lowest BCUT2D eigenvalue weighted by Crippen LogP contribution is -2.55. The van der Waals surface area contributed by atoms with Crippen LogP contribution in [0.5, 0.6) is 5.75 Å². The fourth-order valence-corrected chi connectivity index (χ4v) is 7.73. The van der Waals surface area contributed by atoms with Crippen LogP contribution in [0.4, 0.5) is 4.39 Å². The number of nitrogens with zero attached hydrogens (tertiary/aromatic N) is 6. The molecular weight excluding hydrogens is 621 g/mol. The molecule has 1 aliphatic carbocycles. The minimum atomic E-state index is -3.31. The molecule has 1 aromatic carbocycles. The van der Waals surface area contributed by atoms with Gasteiger partial charge >= 0.3 is 11.8 Å². The van der Waals surface area contributed by atoms with E-state index in [2.05, 4.69) is 15.2 Å². The molecule has 4 heterocycles. The smallest absolute Gasteiger partial charge is 0.312 e. The van der Waals surface area contributed by atoms with Gasteiger partial charge in [-0.05, 0) is 43.4 Å². The average molecular weight is 662 g/mol. The van der Waals surface area contributed by atoms with E-state index in [1.165, 1.54) is 70.3 Å². The van der Waals surface area contributed by atoms with Gasteiger partial charge in [-0.25, -0.2) is 17.8 Å². The molecule has 4 aliphatic rings. The molecule has 2 bridgehead atoms. The van der Waals surface area contributed by atoms with Gasteiger partial charge in [0.15, 0.2) is 5.69 Å². The van der Waals surface area contributed by atoms with Crippen molar-refractivity contribution in [3.8, 4) is 5.75 Å². The van der Waals surface area contributed by atoms with Crippen LogP contribution < -0.4 is 10.9 Å². The van der Waals surface area contributed by atoms with Crippen molar-refractivity contribution in [3.05, 3.63) is 57.5 Å². The zero-order valence-corrected chi connectivity index (χ0v) is 27.3. The number of hydrogen-bond donors (Lipinski definition) is 2. The molecule has 3 amide bonds. The van der Waals surface area contributed by atoms with Crippen LogP contribution in [0.2, 0.25) is 0 Å². The van der Waals surface area contributed by atoms with Gasteiger partial charge in [-0.3, -0.25) is 23.7 Å². The number of likely N-dealkylation sites (N-methyl/N-ethyl adjacent to an activating group) is 2. The van der Waals surface area contributed by atoms with Crippen LogP contribution in [0.3, 0.4) is 0 Å². The highest BCUT2D eigenvalue weighted by Crippen LogP contribution is 2.52. The number of nitrogens with one attached hydrogen (secondary N) is 1. The minimum Gasteiger partial charge on any atom is -0.501 e. The topological polar surface area (TPSA) is 165 Å². The second-order valence-electron chi connectivity index (χ2n) is 12.9. The number of piperazine rings is 1. The fraction of sp³-hybridized carbons (Fsp3) is 0.567. The van der Waals surface area contributed by atoms with E-state index >= 15 is 0 Å². The van der Waals surface area contributed by atoms with Crippen LogP contribution >= 0.6 is 0 Å². The number of halogens is 1. The third-order valence-corrected chi connectivity index (χ3v) is 11.0. The summed E-state index contributed by atoms with van der Waals surface area (Å²) in [4.78, 5) is 62.7. The molecule has 1 aromatic heterocycles. The molecule has 16 heteroatoms. The summed E-state index contributed by atoms with van der Waals surface area (Å²) in [5.41, 5.74) is -2.47. The van der Waals surface area contributed by atoms with Crippen LogP contribution in [-0.4, -0.2) is 120 Å². The summed E-state index contributed by atoms with van der Waals surface area (Å²) in [6.07, 6.45) is 2.96. The van der Waals surface area contributed by atoms with E-state index in [1.807, 2.05) is 0 Å². The Morgan fingerprint density at radius 3 is 2.17 bits per heavy atom. The number of benzene rings is 1. The Morgan fingerprint density at radius 1 is 1.00 bits per heavy atom. The Hall–Kier alpha value is -3.89. The van der Waals surface area contributed by atoms with Gasteiger partial charge in [0.1, 0.15) is 17.2 Å². The molecular formula is C30H40FN7O7S. The molecule has 1 saturated carbocycles. The summed E-state index contributed by atoms with van der Waals surface area (Å²) in [6, 6.07) is 5.47. The highest BCUT2D eigenvalue weighted by molar-refractivity contribution is 7.88. The second kappa shape index (κ2) is 12.4. The van der Waals surface area contributed by atoms with Gasteiger partial charge in [0.05, 0.1) is 6.26 Å². The SMILES string of the molecule is CN(C)C(=O)C(=O)N(C)C12CCC(CN3CCN(S(C)(=O)=O)CC3)(CC1)Cn1c2nc(C(=O)NCc2ccc(F)cc2)c(O)c1=O. The van der Waals surface area contributed by atoms with Crippen molar-refractivity contribution in [1.82, 2.24) is 33.9 Å². The average Bonchev–Trinajstić information content (AvgIpc) is 3.24. The molecule has 3 aliphatic heterocycles. The number of amides is 3. The standard InChI is InChI=1S/C30H40FN7O7S/c1-34(2)26(42)27(43)35(3)30-11-9-29(10-12-30,18-36-13-15-37(16-14-36)46(4,44)45)19-38-25(41)23(39)22(33-28(30)38)24(40)32-17-20-5-7-21(31)8-6-20/h5-8,39H,9-19H2,1-4H3,(H,32,40). The van der Waals surface area contributed by atoms with Crippen molar-refractivity contribution in [2.24, 2.45) is 5.41 Å². The Labute approximate surface area is 266 Å². The second-order valence-corrected chi connectivity index (χ2v) is 14.8. The molecule has 2 fully saturated rings. The van der Waals surface area contributed by atoms with Crippen molar-refractivity contribution >= 4 is 27.7 Å². The molecule has 250 valence electrons. The number of aromatic hydroxyl groups is 1. The van der Waals surface area contributed by atoms with Gasteiger partial charge in [0.2, 0.25) is 15.8 Å². The lowest BCUT2D eigenvalue weighted by atomic mass is 9.67. The first-order valence-corrected chi connectivity index (χ1v) is 17.0. The molecule has 0 unspecified atom stereocenters. The lowest BCUT2D eigenvalue weighted by Gasteiger charge is -2.48. The number of carbonyl (C=O) groups is 3. The summed E-state index contributed by atoms with van der Waals surface area (Å²) in [6.45, 7) is 2.38. The minimum absolute atomic E-state index is 0.0186. The van der Waals surface area contributed by atoms with Crippen molar-refractivity contribution in [2.75, 3.05) is 60.1 Å². The van der Waals surface area contributed by atoms with E-state index in [1.54, 1.807) is 0 Å². The maximum atomic E-state index is 13.9. The summed E-state index contributed by atoms with van der Waals surface area (Å²) in [5, 5.41) is 13.6. The van der Waals surface area contributed by atoms with Gasteiger partial charge in [0.25, 0.3) is 11.5 Å². The number of rotatable bonds is 7. The summed E-state index contributed by atoms with van der Waals surface area (Å²) in [7, 11) is 1.11. The monoisotopic (exact) mass is 661 g/mol. The van der Waals surface area contributed by atoms with Crippen molar-refractivity contribution in [1.29, 1.82) is 0 Å². The van der Waals surface area contributed by atoms with E-state index in [0.29, 0.717) is 64.0 Å². The summed E-state index contributed by atoms with van der Waals surface area (Å²) < 4.78 is 40.2. The van der Waals surface area contributed by atoms with Crippen molar-refractivity contribution in [2.45, 2.75) is 44.3 Å². The Balaban J connectivity index is 1.51. The van der Waals surface area contributed by atoms with E-state index in [4.69, 9.17) is 0 Å². The van der Waals surface area contributed by atoms with Gasteiger partial charge in [-0.2, -0.15) is 4.31 Å². The molecule has 2 aromatic rings. The van der Waals surface area contributed by atoms with Crippen LogP contribution in [0.15, 0.2) is 29.1 Å².